The molecule has 0 N–H and O–H groups in total. The van der Waals surface area contributed by atoms with Crippen molar-refractivity contribution in [3.8, 4) is 0 Å². The van der Waals surface area contributed by atoms with Gasteiger partial charge in [-0.2, -0.15) is 0 Å². The lowest BCUT2D eigenvalue weighted by molar-refractivity contribution is 1.61. The van der Waals surface area contributed by atoms with E-state index in [9.17, 15) is 0 Å². The molecule has 0 saturated heterocycles. The Morgan fingerprint density at radius 2 is 1.82 bits per heavy atom. The van der Waals surface area contributed by atoms with Gasteiger partial charge in [-0.15, -0.1) is 0 Å². The molecule has 78 valence electrons. The fraction of sp³-hybridized carbons (Fsp3) is 0. The Balaban J connectivity index is 2.43. The highest BCUT2D eigenvalue weighted by atomic mass is 79.9. The summed E-state index contributed by atoms with van der Waals surface area (Å²) >= 11 is 3.63. The lowest BCUT2D eigenvalue weighted by Gasteiger charge is -2.08. The van der Waals surface area contributed by atoms with Crippen molar-refractivity contribution in [2.45, 2.75) is 0 Å². The van der Waals surface area contributed by atoms with Crippen molar-refractivity contribution in [2.24, 2.45) is 0 Å². The molecule has 0 heterocycles. The van der Waals surface area contributed by atoms with E-state index in [4.69, 9.17) is 0 Å². The number of hydrogen-bond donors (Lipinski definition) is 0. The number of halogens is 1. The van der Waals surface area contributed by atoms with Crippen LogP contribution in [0.3, 0.4) is 0 Å². The summed E-state index contributed by atoms with van der Waals surface area (Å²) in [7, 11) is 0. The summed E-state index contributed by atoms with van der Waals surface area (Å²) in [4.78, 5) is 0. The largest absolute Gasteiger partial charge is 0.156 e. The van der Waals surface area contributed by atoms with Crippen LogP contribution < -0.4 is 0 Å². The van der Waals surface area contributed by atoms with Crippen molar-refractivity contribution in [2.75, 3.05) is 0 Å². The maximum absolute atomic E-state index is 3.63. The third kappa shape index (κ3) is 1.16. The first-order valence-electron chi connectivity index (χ1n) is 5.58. The summed E-state index contributed by atoms with van der Waals surface area (Å²) in [6.45, 7) is 0. The lowest BCUT2D eigenvalue weighted by atomic mass is 9.90. The fourth-order valence-corrected chi connectivity index (χ4v) is 3.07. The van der Waals surface area contributed by atoms with Gasteiger partial charge in [0.2, 0.25) is 0 Å². The Morgan fingerprint density at radius 3 is 2.76 bits per heavy atom. The molecule has 0 unspecified atom stereocenters. The fourth-order valence-electron chi connectivity index (χ4n) is 2.61. The molecule has 0 nitrogen and oxygen atoms in total. The molecule has 0 radical (unpaired) electrons. The standard InChI is InChI=1S/C16H8Br/c17-14-9-7-12-5-4-10-2-1-3-11-6-8-13(14)16(12)15(10)11/h1-3,5-9H/q+1. The molecule has 3 aromatic rings. The smallest absolute Gasteiger partial charge is 0.0501 e. The zero-order valence-corrected chi connectivity index (χ0v) is 10.6. The molecule has 0 atom stereocenters. The van der Waals surface area contributed by atoms with Crippen LogP contribution in [-0.4, -0.2) is 0 Å². The highest BCUT2D eigenvalue weighted by Crippen LogP contribution is 2.37. The average Bonchev–Trinajstić information content (AvgIpc) is 2.38. The maximum Gasteiger partial charge on any atom is 0.156 e. The van der Waals surface area contributed by atoms with Gasteiger partial charge in [0.15, 0.2) is 5.56 Å². The van der Waals surface area contributed by atoms with Crippen LogP contribution in [0.4, 0.5) is 0 Å². The number of rotatable bonds is 0. The van der Waals surface area contributed by atoms with E-state index in [2.05, 4.69) is 70.5 Å². The Kier molecular flexibility index (Phi) is 1.74. The van der Waals surface area contributed by atoms with E-state index in [1.54, 1.807) is 0 Å². The number of hydrogen-bond acceptors (Lipinski definition) is 0. The van der Waals surface area contributed by atoms with Gasteiger partial charge in [-0.3, -0.25) is 0 Å². The molecule has 3 aromatic carbocycles. The molecule has 0 fully saturated rings. The first kappa shape index (κ1) is 9.35. The molecule has 0 aromatic heterocycles. The second-order valence-electron chi connectivity index (χ2n) is 4.32. The quantitative estimate of drug-likeness (QED) is 0.316. The Morgan fingerprint density at radius 1 is 0.882 bits per heavy atom. The van der Waals surface area contributed by atoms with Crippen molar-refractivity contribution in [1.29, 1.82) is 0 Å². The zero-order valence-electron chi connectivity index (χ0n) is 9.00. The van der Waals surface area contributed by atoms with Crippen LogP contribution in [0.25, 0.3) is 27.6 Å². The van der Waals surface area contributed by atoms with E-state index >= 15 is 0 Å². The summed E-state index contributed by atoms with van der Waals surface area (Å²) < 4.78 is 1.16. The molecule has 0 aliphatic heterocycles. The monoisotopic (exact) mass is 279 g/mol. The predicted octanol–water partition coefficient (Wildman–Crippen LogP) is 4.93. The Bertz CT molecular complexity index is 797. The van der Waals surface area contributed by atoms with Crippen molar-refractivity contribution in [1.82, 2.24) is 0 Å². The maximum atomic E-state index is 3.63. The van der Waals surface area contributed by atoms with Crippen molar-refractivity contribution >= 4 is 43.6 Å². The van der Waals surface area contributed by atoms with E-state index in [0.717, 1.165) is 4.47 Å². The zero-order chi connectivity index (χ0) is 11.4. The van der Waals surface area contributed by atoms with Crippen LogP contribution in [0.5, 0.6) is 0 Å². The molecular formula is C16H8Br+. The van der Waals surface area contributed by atoms with Gasteiger partial charge in [-0.1, -0.05) is 15.9 Å². The topological polar surface area (TPSA) is 0 Å². The minimum atomic E-state index is 1.16. The minimum absolute atomic E-state index is 1.16. The van der Waals surface area contributed by atoms with Crippen LogP contribution in [-0.2, 0) is 0 Å². The summed E-state index contributed by atoms with van der Waals surface area (Å²) in [5, 5.41) is 5.23. The van der Waals surface area contributed by atoms with E-state index in [1.165, 1.54) is 32.7 Å². The van der Waals surface area contributed by atoms with Gasteiger partial charge in [0, 0.05) is 27.4 Å². The van der Waals surface area contributed by atoms with E-state index in [0.29, 0.717) is 0 Å². The highest BCUT2D eigenvalue weighted by Gasteiger charge is 2.19. The lowest BCUT2D eigenvalue weighted by Crippen LogP contribution is -1.90. The van der Waals surface area contributed by atoms with Gasteiger partial charge in [0.25, 0.3) is 0 Å². The normalized spacial score (nSPS) is 12.3. The molecule has 4 rings (SSSR count). The molecule has 0 amide bonds. The molecule has 1 aliphatic rings. The van der Waals surface area contributed by atoms with E-state index in [-0.39, 0.29) is 0 Å². The molecular weight excluding hydrogens is 272 g/mol. The third-order valence-corrected chi connectivity index (χ3v) is 4.08. The molecule has 1 aliphatic carbocycles. The Labute approximate surface area is 108 Å². The van der Waals surface area contributed by atoms with Gasteiger partial charge in [0.05, 0.1) is 22.4 Å². The van der Waals surface area contributed by atoms with Gasteiger partial charge in [0.1, 0.15) is 0 Å². The van der Waals surface area contributed by atoms with Crippen LogP contribution in [0.2, 0.25) is 0 Å². The molecule has 0 saturated carbocycles. The summed E-state index contributed by atoms with van der Waals surface area (Å²) in [6, 6.07) is 15.0. The molecule has 0 spiro atoms. The van der Waals surface area contributed by atoms with Crippen molar-refractivity contribution in [3.63, 3.8) is 0 Å². The van der Waals surface area contributed by atoms with Crippen molar-refractivity contribution in [3.05, 3.63) is 64.1 Å². The van der Waals surface area contributed by atoms with Gasteiger partial charge in [-0.25, -0.2) is 0 Å². The Hall–Kier alpha value is -1.69. The summed E-state index contributed by atoms with van der Waals surface area (Å²) in [5.41, 5.74) is 2.45. The second-order valence-corrected chi connectivity index (χ2v) is 5.17. The van der Waals surface area contributed by atoms with Crippen LogP contribution in [0.1, 0.15) is 11.1 Å². The number of benzene rings is 3. The van der Waals surface area contributed by atoms with Crippen LogP contribution in [0, 0.1) is 6.08 Å². The van der Waals surface area contributed by atoms with E-state index < -0.39 is 0 Å². The summed E-state index contributed by atoms with van der Waals surface area (Å²) in [6.07, 6.45) is 5.45. The SMILES string of the molecule is Brc1ccc2c3c1ccc1cccc(c13)[C+]=C2. The first-order valence-corrected chi connectivity index (χ1v) is 6.37. The summed E-state index contributed by atoms with van der Waals surface area (Å²) in [5.74, 6) is 0. The predicted molar refractivity (Wildman–Crippen MR) is 76.0 cm³/mol. The molecule has 1 heteroatoms. The van der Waals surface area contributed by atoms with E-state index in [1.807, 2.05) is 0 Å². The second kappa shape index (κ2) is 3.16. The average molecular weight is 280 g/mol. The molecule has 0 bridgehead atoms. The van der Waals surface area contributed by atoms with Crippen molar-refractivity contribution < 1.29 is 0 Å². The highest BCUT2D eigenvalue weighted by molar-refractivity contribution is 9.10. The minimum Gasteiger partial charge on any atom is -0.0501 e. The van der Waals surface area contributed by atoms with Crippen LogP contribution in [0.15, 0.2) is 46.9 Å². The van der Waals surface area contributed by atoms with Gasteiger partial charge in [-0.05, 0) is 36.4 Å². The first-order chi connectivity index (χ1) is 8.34. The van der Waals surface area contributed by atoms with Gasteiger partial charge < -0.3 is 0 Å². The van der Waals surface area contributed by atoms with Gasteiger partial charge >= 0.3 is 0 Å². The van der Waals surface area contributed by atoms with Crippen LogP contribution >= 0.6 is 15.9 Å². The third-order valence-electron chi connectivity index (χ3n) is 3.38. The molecule has 17 heavy (non-hydrogen) atoms.